The van der Waals surface area contributed by atoms with Crippen molar-refractivity contribution in [1.29, 1.82) is 0 Å². The summed E-state index contributed by atoms with van der Waals surface area (Å²) in [5, 5.41) is 1.32. The Bertz CT molecular complexity index is 618. The number of amidine groups is 1. The number of thioether (sulfide) groups is 1. The molecule has 0 heterocycles. The summed E-state index contributed by atoms with van der Waals surface area (Å²) in [6.07, 6.45) is 0. The van der Waals surface area contributed by atoms with Gasteiger partial charge < -0.3 is 5.73 Å². The Morgan fingerprint density at radius 2 is 1.75 bits per heavy atom. The number of rotatable bonds is 3. The van der Waals surface area contributed by atoms with Crippen LogP contribution in [0.4, 0.5) is 5.69 Å². The Kier molecular flexibility index (Phi) is 5.10. The van der Waals surface area contributed by atoms with Gasteiger partial charge in [0.15, 0.2) is 5.17 Å². The van der Waals surface area contributed by atoms with Crippen LogP contribution in [-0.2, 0) is 5.75 Å². The Labute approximate surface area is 129 Å². The van der Waals surface area contributed by atoms with Crippen LogP contribution in [-0.4, -0.2) is 5.17 Å². The predicted molar refractivity (Wildman–Crippen MR) is 89.9 cm³/mol. The van der Waals surface area contributed by atoms with E-state index in [0.717, 1.165) is 33.2 Å². The molecule has 2 nitrogen and oxygen atoms in total. The van der Waals surface area contributed by atoms with Gasteiger partial charge >= 0.3 is 0 Å². The highest BCUT2D eigenvalue weighted by Crippen LogP contribution is 2.26. The highest BCUT2D eigenvalue weighted by Gasteiger charge is 2.04. The number of para-hydroxylation sites is 1. The molecule has 0 radical (unpaired) electrons. The van der Waals surface area contributed by atoms with Gasteiger partial charge in [0.2, 0.25) is 0 Å². The summed E-state index contributed by atoms with van der Waals surface area (Å²) in [5.41, 5.74) is 10.3. The topological polar surface area (TPSA) is 38.4 Å². The molecule has 2 aromatic rings. The Morgan fingerprint density at radius 1 is 1.10 bits per heavy atom. The molecule has 2 aromatic carbocycles. The van der Waals surface area contributed by atoms with Gasteiger partial charge in [-0.3, -0.25) is 0 Å². The van der Waals surface area contributed by atoms with Crippen molar-refractivity contribution in [2.24, 2.45) is 10.7 Å². The number of benzene rings is 2. The number of halogens is 1. The zero-order chi connectivity index (χ0) is 14.5. The summed E-state index contributed by atoms with van der Waals surface area (Å²) in [6.45, 7) is 4.08. The lowest BCUT2D eigenvalue weighted by Gasteiger charge is -2.07. The van der Waals surface area contributed by atoms with Crippen LogP contribution < -0.4 is 5.73 Å². The van der Waals surface area contributed by atoms with E-state index in [2.05, 4.69) is 4.99 Å². The lowest BCUT2D eigenvalue weighted by atomic mass is 10.1. The largest absolute Gasteiger partial charge is 0.378 e. The molecule has 0 spiro atoms. The van der Waals surface area contributed by atoms with Crippen molar-refractivity contribution in [2.75, 3.05) is 0 Å². The van der Waals surface area contributed by atoms with E-state index in [1.54, 1.807) is 0 Å². The van der Waals surface area contributed by atoms with Gasteiger partial charge in [-0.15, -0.1) is 0 Å². The van der Waals surface area contributed by atoms with Gasteiger partial charge in [0, 0.05) is 10.8 Å². The predicted octanol–water partition coefficient (Wildman–Crippen LogP) is 4.84. The maximum Gasteiger partial charge on any atom is 0.159 e. The maximum absolute atomic E-state index is 6.12. The van der Waals surface area contributed by atoms with Crippen molar-refractivity contribution >= 4 is 34.2 Å². The first kappa shape index (κ1) is 14.9. The summed E-state index contributed by atoms with van der Waals surface area (Å²) in [5.74, 6) is 0.722. The first-order valence-corrected chi connectivity index (χ1v) is 7.71. The monoisotopic (exact) mass is 304 g/mol. The Hall–Kier alpha value is -1.45. The van der Waals surface area contributed by atoms with Gasteiger partial charge in [-0.1, -0.05) is 59.8 Å². The third-order valence-corrected chi connectivity index (χ3v) is 4.21. The third kappa shape index (κ3) is 3.78. The molecule has 0 unspecified atom stereocenters. The lowest BCUT2D eigenvalue weighted by Crippen LogP contribution is -2.06. The summed E-state index contributed by atoms with van der Waals surface area (Å²) >= 11 is 7.62. The van der Waals surface area contributed by atoms with Crippen molar-refractivity contribution in [1.82, 2.24) is 0 Å². The molecule has 0 aliphatic heterocycles. The van der Waals surface area contributed by atoms with Gasteiger partial charge in [-0.25, -0.2) is 4.99 Å². The fourth-order valence-corrected chi connectivity index (χ4v) is 2.88. The molecule has 20 heavy (non-hydrogen) atoms. The zero-order valence-corrected chi connectivity index (χ0v) is 13.1. The van der Waals surface area contributed by atoms with Crippen molar-refractivity contribution in [3.8, 4) is 0 Å². The molecule has 2 N–H and O–H groups in total. The zero-order valence-electron chi connectivity index (χ0n) is 11.6. The SMILES string of the molecule is Cc1cccc(C)c1N=C(N)SCc1ccccc1Cl. The molecule has 0 aromatic heterocycles. The summed E-state index contributed by atoms with van der Waals surface area (Å²) in [7, 11) is 0. The second-order valence-corrected chi connectivity index (χ2v) is 5.97. The average Bonchev–Trinajstić information content (AvgIpc) is 2.42. The molecule has 0 aliphatic carbocycles. The molecule has 0 saturated heterocycles. The van der Waals surface area contributed by atoms with Crippen LogP contribution in [0.25, 0.3) is 0 Å². The average molecular weight is 305 g/mol. The van der Waals surface area contributed by atoms with E-state index in [4.69, 9.17) is 17.3 Å². The van der Waals surface area contributed by atoms with Gasteiger partial charge in [-0.2, -0.15) is 0 Å². The van der Waals surface area contributed by atoms with Crippen molar-refractivity contribution in [3.05, 3.63) is 64.2 Å². The van der Waals surface area contributed by atoms with Crippen LogP contribution in [0.15, 0.2) is 47.5 Å². The smallest absolute Gasteiger partial charge is 0.159 e. The molecule has 0 fully saturated rings. The molecule has 4 heteroatoms. The van der Waals surface area contributed by atoms with Crippen molar-refractivity contribution in [3.63, 3.8) is 0 Å². The van der Waals surface area contributed by atoms with Crippen LogP contribution in [0.2, 0.25) is 5.02 Å². The van der Waals surface area contributed by atoms with Crippen LogP contribution in [0, 0.1) is 13.8 Å². The highest BCUT2D eigenvalue weighted by atomic mass is 35.5. The summed E-state index contributed by atoms with van der Waals surface area (Å²) < 4.78 is 0. The van der Waals surface area contributed by atoms with Gasteiger partial charge in [0.05, 0.1) is 5.69 Å². The van der Waals surface area contributed by atoms with Crippen LogP contribution >= 0.6 is 23.4 Å². The second kappa shape index (κ2) is 6.82. The molecule has 0 atom stereocenters. The molecule has 0 saturated carbocycles. The van der Waals surface area contributed by atoms with Gasteiger partial charge in [-0.05, 0) is 36.6 Å². The lowest BCUT2D eigenvalue weighted by molar-refractivity contribution is 1.32. The third-order valence-electron chi connectivity index (χ3n) is 2.99. The van der Waals surface area contributed by atoms with E-state index in [-0.39, 0.29) is 0 Å². The highest BCUT2D eigenvalue weighted by molar-refractivity contribution is 8.13. The molecular weight excluding hydrogens is 288 g/mol. The van der Waals surface area contributed by atoms with E-state index < -0.39 is 0 Å². The van der Waals surface area contributed by atoms with Crippen molar-refractivity contribution in [2.45, 2.75) is 19.6 Å². The number of nitrogens with two attached hydrogens (primary N) is 1. The van der Waals surface area contributed by atoms with Crippen LogP contribution in [0.5, 0.6) is 0 Å². The van der Waals surface area contributed by atoms with E-state index >= 15 is 0 Å². The summed E-state index contributed by atoms with van der Waals surface area (Å²) in [4.78, 5) is 4.52. The molecule has 0 amide bonds. The van der Waals surface area contributed by atoms with Gasteiger partial charge in [0.25, 0.3) is 0 Å². The minimum atomic E-state index is 0.558. The number of hydrogen-bond acceptors (Lipinski definition) is 2. The fourth-order valence-electron chi connectivity index (χ4n) is 1.89. The molecule has 2 rings (SSSR count). The molecule has 104 valence electrons. The Balaban J connectivity index is 2.11. The second-order valence-electron chi connectivity index (χ2n) is 4.57. The number of aliphatic imine (C=N–C) groups is 1. The van der Waals surface area contributed by atoms with E-state index in [9.17, 15) is 0 Å². The molecule has 0 aliphatic rings. The minimum absolute atomic E-state index is 0.558. The first-order valence-electron chi connectivity index (χ1n) is 6.34. The van der Waals surface area contributed by atoms with E-state index in [1.807, 2.05) is 56.3 Å². The Morgan fingerprint density at radius 3 is 2.40 bits per heavy atom. The van der Waals surface area contributed by atoms with Crippen LogP contribution in [0.1, 0.15) is 16.7 Å². The van der Waals surface area contributed by atoms with Crippen molar-refractivity contribution < 1.29 is 0 Å². The number of nitrogens with zero attached hydrogens (tertiary/aromatic N) is 1. The normalized spacial score (nSPS) is 11.7. The van der Waals surface area contributed by atoms with Gasteiger partial charge in [0.1, 0.15) is 0 Å². The standard InChI is InChI=1S/C16H17ClN2S/c1-11-6-5-7-12(2)15(11)19-16(18)20-10-13-8-3-4-9-14(13)17/h3-9H,10H2,1-2H3,(H2,18,19). The number of aryl methyl sites for hydroxylation is 2. The summed E-state index contributed by atoms with van der Waals surface area (Å²) in [6, 6.07) is 13.9. The molecule has 0 bridgehead atoms. The van der Waals surface area contributed by atoms with Crippen LogP contribution in [0.3, 0.4) is 0 Å². The first-order chi connectivity index (χ1) is 9.58. The fraction of sp³-hybridized carbons (Fsp3) is 0.188. The molecular formula is C16H17ClN2S. The van der Waals surface area contributed by atoms with E-state index in [0.29, 0.717) is 5.17 Å². The quantitative estimate of drug-likeness (QED) is 0.651. The maximum atomic E-state index is 6.12. The minimum Gasteiger partial charge on any atom is -0.378 e. The van der Waals surface area contributed by atoms with E-state index in [1.165, 1.54) is 11.8 Å². The number of hydrogen-bond donors (Lipinski definition) is 1.